The fourth-order valence-corrected chi connectivity index (χ4v) is 5.72. The number of aromatic nitrogens is 1. The number of hydrogen-bond acceptors (Lipinski definition) is 5. The predicted molar refractivity (Wildman–Crippen MR) is 135 cm³/mol. The Kier molecular flexibility index (Phi) is 6.07. The minimum absolute atomic E-state index is 0.0217. The Bertz CT molecular complexity index is 1520. The summed E-state index contributed by atoms with van der Waals surface area (Å²) in [5.41, 5.74) is 3.32. The van der Waals surface area contributed by atoms with Gasteiger partial charge in [-0.1, -0.05) is 60.2 Å². The third-order valence-corrected chi connectivity index (χ3v) is 8.28. The molecule has 3 aromatic carbocycles. The zero-order valence-corrected chi connectivity index (χ0v) is 20.2. The third-order valence-electron chi connectivity index (χ3n) is 6.65. The minimum Gasteiger partial charge on any atom is -0.299 e. The molecule has 1 aliphatic carbocycles. The van der Waals surface area contributed by atoms with Crippen molar-refractivity contribution in [3.8, 4) is 0 Å². The predicted octanol–water partition coefficient (Wildman–Crippen LogP) is 5.12. The van der Waals surface area contributed by atoms with Gasteiger partial charge in [0.1, 0.15) is 11.5 Å². The van der Waals surface area contributed by atoms with Crippen molar-refractivity contribution in [2.75, 3.05) is 5.75 Å². The Morgan fingerprint density at radius 3 is 2.40 bits per heavy atom. The molecule has 176 valence electrons. The van der Waals surface area contributed by atoms with Crippen LogP contribution >= 0.6 is 0 Å². The summed E-state index contributed by atoms with van der Waals surface area (Å²) in [6, 6.07) is 21.5. The van der Waals surface area contributed by atoms with Crippen molar-refractivity contribution >= 4 is 32.2 Å². The van der Waals surface area contributed by atoms with Crippen LogP contribution in [0.25, 0.3) is 10.8 Å². The maximum atomic E-state index is 12.8. The van der Waals surface area contributed by atoms with Crippen molar-refractivity contribution in [1.29, 1.82) is 0 Å². The van der Waals surface area contributed by atoms with Crippen LogP contribution < -0.4 is 0 Å². The lowest BCUT2D eigenvalue weighted by atomic mass is 10.00. The molecule has 0 spiro atoms. The topological polar surface area (TPSA) is 81.2 Å². The first kappa shape index (κ1) is 23.1. The number of sulfone groups is 1. The monoisotopic (exact) mass is 483 g/mol. The first-order chi connectivity index (χ1) is 16.8. The number of aryl methyl sites for hydroxylation is 1. The minimum atomic E-state index is -3.70. The summed E-state index contributed by atoms with van der Waals surface area (Å²) in [6.45, 7) is 1.88. The van der Waals surface area contributed by atoms with Crippen LogP contribution in [0, 0.1) is 12.8 Å². The molecule has 5 nitrogen and oxygen atoms in total. The second-order valence-corrected chi connectivity index (χ2v) is 11.3. The molecule has 0 amide bonds. The van der Waals surface area contributed by atoms with E-state index < -0.39 is 21.4 Å². The summed E-state index contributed by atoms with van der Waals surface area (Å²) < 4.78 is 25.2. The SMILES string of the molecule is Cc1ccc(S(=O)(=O)CC(=O)c2ccc([C@@H]3C[C@H]3C(=O)Cc3ccc4cnccc4c3)cc2)cc1. The van der Waals surface area contributed by atoms with Crippen LogP contribution in [-0.4, -0.2) is 30.7 Å². The van der Waals surface area contributed by atoms with E-state index in [4.69, 9.17) is 0 Å². The number of benzene rings is 3. The van der Waals surface area contributed by atoms with E-state index in [1.165, 1.54) is 12.1 Å². The Hall–Kier alpha value is -3.64. The van der Waals surface area contributed by atoms with Gasteiger partial charge in [-0.15, -0.1) is 0 Å². The first-order valence-corrected chi connectivity index (χ1v) is 13.2. The molecule has 1 fully saturated rings. The number of pyridine rings is 1. The fraction of sp³-hybridized carbons (Fsp3) is 0.207. The maximum absolute atomic E-state index is 12.8. The van der Waals surface area contributed by atoms with Crippen LogP contribution in [0.5, 0.6) is 0 Å². The quantitative estimate of drug-likeness (QED) is 0.325. The number of hydrogen-bond donors (Lipinski definition) is 0. The van der Waals surface area contributed by atoms with E-state index in [9.17, 15) is 18.0 Å². The molecule has 5 rings (SSSR count). The molecular formula is C29H25NO4S. The van der Waals surface area contributed by atoms with Crippen LogP contribution in [0.1, 0.15) is 39.4 Å². The van der Waals surface area contributed by atoms with Crippen molar-refractivity contribution in [2.24, 2.45) is 5.92 Å². The van der Waals surface area contributed by atoms with Crippen LogP contribution in [0.3, 0.4) is 0 Å². The Morgan fingerprint density at radius 2 is 1.66 bits per heavy atom. The third kappa shape index (κ3) is 5.08. The molecule has 1 aliphatic rings. The van der Waals surface area contributed by atoms with Crippen LogP contribution in [-0.2, 0) is 21.1 Å². The van der Waals surface area contributed by atoms with Gasteiger partial charge in [-0.25, -0.2) is 8.42 Å². The summed E-state index contributed by atoms with van der Waals surface area (Å²) in [4.78, 5) is 29.7. The average molecular weight is 484 g/mol. The number of ketones is 2. The molecule has 4 aromatic rings. The molecule has 0 saturated heterocycles. The van der Waals surface area contributed by atoms with Crippen LogP contribution in [0.4, 0.5) is 0 Å². The fourth-order valence-electron chi connectivity index (χ4n) is 4.50. The van der Waals surface area contributed by atoms with Crippen LogP contribution in [0.2, 0.25) is 0 Å². The molecule has 0 bridgehead atoms. The van der Waals surface area contributed by atoms with Crippen LogP contribution in [0.15, 0.2) is 90.1 Å². The van der Waals surface area contributed by atoms with Gasteiger partial charge in [-0.05, 0) is 54.0 Å². The van der Waals surface area contributed by atoms with Gasteiger partial charge in [0.2, 0.25) is 0 Å². The normalized spacial score (nSPS) is 17.3. The maximum Gasteiger partial charge on any atom is 0.185 e. The lowest BCUT2D eigenvalue weighted by Crippen LogP contribution is -2.16. The smallest absolute Gasteiger partial charge is 0.185 e. The lowest BCUT2D eigenvalue weighted by Gasteiger charge is -2.06. The summed E-state index contributed by atoms with van der Waals surface area (Å²) >= 11 is 0. The summed E-state index contributed by atoms with van der Waals surface area (Å²) in [5.74, 6) is -0.666. The second-order valence-electron chi connectivity index (χ2n) is 9.27. The first-order valence-electron chi connectivity index (χ1n) is 11.6. The molecule has 0 radical (unpaired) electrons. The van der Waals surface area contributed by atoms with E-state index in [1.807, 2.05) is 49.5 Å². The molecule has 6 heteroatoms. The number of fused-ring (bicyclic) bond motifs is 1. The number of rotatable bonds is 8. The van der Waals surface area contributed by atoms with Gasteiger partial charge in [-0.3, -0.25) is 14.6 Å². The van der Waals surface area contributed by atoms with Gasteiger partial charge >= 0.3 is 0 Å². The van der Waals surface area contributed by atoms with Gasteiger partial charge in [0.05, 0.1) is 4.90 Å². The highest BCUT2D eigenvalue weighted by molar-refractivity contribution is 7.92. The summed E-state index contributed by atoms with van der Waals surface area (Å²) in [6.07, 6.45) is 4.75. The molecular weight excluding hydrogens is 458 g/mol. The highest BCUT2D eigenvalue weighted by Crippen LogP contribution is 2.48. The van der Waals surface area contributed by atoms with Gasteiger partial charge < -0.3 is 0 Å². The zero-order valence-electron chi connectivity index (χ0n) is 19.3. The number of nitrogens with zero attached hydrogens (tertiary/aromatic N) is 1. The Balaban J connectivity index is 1.21. The molecule has 1 aromatic heterocycles. The molecule has 35 heavy (non-hydrogen) atoms. The van der Waals surface area contributed by atoms with E-state index in [-0.39, 0.29) is 22.5 Å². The Morgan fingerprint density at radius 1 is 0.914 bits per heavy atom. The summed E-state index contributed by atoms with van der Waals surface area (Å²) in [5, 5.41) is 2.12. The lowest BCUT2D eigenvalue weighted by molar-refractivity contribution is -0.119. The van der Waals surface area contributed by atoms with Crippen molar-refractivity contribution in [3.63, 3.8) is 0 Å². The van der Waals surface area contributed by atoms with Crippen molar-refractivity contribution in [3.05, 3.63) is 107 Å². The zero-order chi connectivity index (χ0) is 24.6. The van der Waals surface area contributed by atoms with E-state index in [1.54, 1.807) is 30.5 Å². The Labute approximate surface area is 204 Å². The molecule has 1 saturated carbocycles. The van der Waals surface area contributed by atoms with E-state index in [2.05, 4.69) is 4.98 Å². The average Bonchev–Trinajstić information content (AvgIpc) is 3.65. The van der Waals surface area contributed by atoms with Crippen molar-refractivity contribution in [2.45, 2.75) is 30.6 Å². The standard InChI is InChI=1S/C29H25NO4S/c1-19-2-10-25(11-3-19)35(33,34)18-29(32)22-8-6-21(7-9-22)26-16-27(26)28(31)15-20-4-5-24-17-30-13-12-23(24)14-20/h2-14,17,26-27H,15-16,18H2,1H3/t26-,27+/m0/s1. The second kappa shape index (κ2) is 9.19. The molecule has 0 unspecified atom stereocenters. The van der Waals surface area contributed by atoms with Crippen molar-refractivity contribution < 1.29 is 18.0 Å². The molecule has 0 aliphatic heterocycles. The highest BCUT2D eigenvalue weighted by Gasteiger charge is 2.43. The van der Waals surface area contributed by atoms with Gasteiger partial charge in [-0.2, -0.15) is 0 Å². The summed E-state index contributed by atoms with van der Waals surface area (Å²) in [7, 11) is -3.70. The van der Waals surface area contributed by atoms with Gasteiger partial charge in [0, 0.05) is 35.7 Å². The van der Waals surface area contributed by atoms with E-state index in [0.29, 0.717) is 12.0 Å². The number of Topliss-reactive ketones (excluding diaryl/α,β-unsaturated/α-hetero) is 2. The highest BCUT2D eigenvalue weighted by atomic mass is 32.2. The van der Waals surface area contributed by atoms with Gasteiger partial charge in [0.15, 0.2) is 15.6 Å². The largest absolute Gasteiger partial charge is 0.299 e. The number of carbonyl (C=O) groups excluding carboxylic acids is 2. The molecule has 2 atom stereocenters. The number of carbonyl (C=O) groups is 2. The van der Waals surface area contributed by atoms with Gasteiger partial charge in [0.25, 0.3) is 0 Å². The van der Waals surface area contributed by atoms with E-state index in [0.717, 1.165) is 33.9 Å². The molecule has 1 heterocycles. The van der Waals surface area contributed by atoms with Crippen molar-refractivity contribution in [1.82, 2.24) is 4.98 Å². The van der Waals surface area contributed by atoms with E-state index >= 15 is 0 Å². The molecule has 0 N–H and O–H groups in total.